The Balaban J connectivity index is 2.56. The summed E-state index contributed by atoms with van der Waals surface area (Å²) in [4.78, 5) is 0.984. The van der Waals surface area contributed by atoms with Gasteiger partial charge in [0.25, 0.3) is 0 Å². The number of rotatable bonds is 8. The van der Waals surface area contributed by atoms with Crippen molar-refractivity contribution < 1.29 is 13.2 Å². The molecule has 0 saturated carbocycles. The van der Waals surface area contributed by atoms with Crippen LogP contribution in [0.1, 0.15) is 11.8 Å². The van der Waals surface area contributed by atoms with Gasteiger partial charge in [-0.1, -0.05) is 0 Å². The highest BCUT2D eigenvalue weighted by Crippen LogP contribution is 2.21. The molecule has 7 heteroatoms. The van der Waals surface area contributed by atoms with Crippen molar-refractivity contribution in [2.45, 2.75) is 17.6 Å². The first kappa shape index (κ1) is 14.6. The van der Waals surface area contributed by atoms with Crippen molar-refractivity contribution in [3.63, 3.8) is 0 Å². The van der Waals surface area contributed by atoms with Gasteiger partial charge in [0.05, 0.1) is 6.61 Å². The number of hydrogen-bond donors (Lipinski definition) is 2. The monoisotopic (exact) mass is 278 g/mol. The smallest absolute Gasteiger partial charge is 0.250 e. The van der Waals surface area contributed by atoms with Gasteiger partial charge in [-0.15, -0.1) is 11.3 Å². The van der Waals surface area contributed by atoms with Gasteiger partial charge in [-0.25, -0.2) is 13.1 Å². The quantitative estimate of drug-likeness (QED) is 0.681. The van der Waals surface area contributed by atoms with Gasteiger partial charge in [-0.05, 0) is 32.0 Å². The molecule has 0 bridgehead atoms. The number of thiophene rings is 1. The number of hydrogen-bond acceptors (Lipinski definition) is 5. The normalized spacial score (nSPS) is 11.9. The lowest BCUT2D eigenvalue weighted by atomic mass is 10.3. The van der Waals surface area contributed by atoms with Crippen LogP contribution in [0.25, 0.3) is 0 Å². The standard InChI is InChI=1S/C10H18N2O3S2/c1-2-15-8-7-12-17(13,14)10-4-3-9(16-10)5-6-11/h3-4,12H,2,5-8,11H2,1H3. The Morgan fingerprint density at radius 1 is 1.47 bits per heavy atom. The molecule has 0 aliphatic carbocycles. The summed E-state index contributed by atoms with van der Waals surface area (Å²) in [7, 11) is -3.39. The minimum atomic E-state index is -3.39. The molecule has 0 aromatic carbocycles. The van der Waals surface area contributed by atoms with E-state index in [2.05, 4.69) is 4.72 Å². The van der Waals surface area contributed by atoms with Crippen LogP contribution < -0.4 is 10.5 Å². The second kappa shape index (κ2) is 7.07. The van der Waals surface area contributed by atoms with E-state index in [1.807, 2.05) is 6.92 Å². The number of ether oxygens (including phenoxy) is 1. The van der Waals surface area contributed by atoms with Gasteiger partial charge in [-0.3, -0.25) is 0 Å². The Morgan fingerprint density at radius 3 is 2.88 bits per heavy atom. The first-order chi connectivity index (χ1) is 8.10. The lowest BCUT2D eigenvalue weighted by Gasteiger charge is -2.04. The Hall–Kier alpha value is -0.470. The molecule has 17 heavy (non-hydrogen) atoms. The third-order valence-corrected chi connectivity index (χ3v) is 5.13. The van der Waals surface area contributed by atoms with Crippen molar-refractivity contribution in [3.8, 4) is 0 Å². The number of sulfonamides is 1. The van der Waals surface area contributed by atoms with E-state index < -0.39 is 10.0 Å². The molecule has 0 aliphatic heterocycles. The lowest BCUT2D eigenvalue weighted by Crippen LogP contribution is -2.26. The summed E-state index contributed by atoms with van der Waals surface area (Å²) in [6.45, 7) is 3.66. The summed E-state index contributed by atoms with van der Waals surface area (Å²) in [6.07, 6.45) is 0.707. The van der Waals surface area contributed by atoms with E-state index >= 15 is 0 Å². The Kier molecular flexibility index (Phi) is 6.07. The van der Waals surface area contributed by atoms with E-state index in [0.29, 0.717) is 36.9 Å². The molecule has 0 unspecified atom stereocenters. The molecular formula is C10H18N2O3S2. The molecule has 1 aromatic heterocycles. The SMILES string of the molecule is CCOCCNS(=O)(=O)c1ccc(CCN)s1. The number of nitrogens with two attached hydrogens (primary N) is 1. The molecule has 1 heterocycles. The average Bonchev–Trinajstić information content (AvgIpc) is 2.74. The maximum atomic E-state index is 11.8. The highest BCUT2D eigenvalue weighted by Gasteiger charge is 2.15. The zero-order valence-corrected chi connectivity index (χ0v) is 11.4. The summed E-state index contributed by atoms with van der Waals surface area (Å²) in [5, 5.41) is 0. The molecule has 5 nitrogen and oxygen atoms in total. The summed E-state index contributed by atoms with van der Waals surface area (Å²) >= 11 is 1.26. The molecule has 0 amide bonds. The summed E-state index contributed by atoms with van der Waals surface area (Å²) in [6, 6.07) is 3.41. The first-order valence-electron chi connectivity index (χ1n) is 5.46. The zero-order chi connectivity index (χ0) is 12.7. The summed E-state index contributed by atoms with van der Waals surface area (Å²) in [5.74, 6) is 0. The third kappa shape index (κ3) is 4.72. The van der Waals surface area contributed by atoms with Gasteiger partial charge < -0.3 is 10.5 Å². The molecular weight excluding hydrogens is 260 g/mol. The highest BCUT2D eigenvalue weighted by molar-refractivity contribution is 7.91. The zero-order valence-electron chi connectivity index (χ0n) is 9.81. The van der Waals surface area contributed by atoms with Crippen molar-refractivity contribution in [1.82, 2.24) is 4.72 Å². The molecule has 98 valence electrons. The van der Waals surface area contributed by atoms with Gasteiger partial charge >= 0.3 is 0 Å². The van der Waals surface area contributed by atoms with E-state index in [9.17, 15) is 8.42 Å². The van der Waals surface area contributed by atoms with Gasteiger partial charge in [0, 0.05) is 18.0 Å². The summed E-state index contributed by atoms with van der Waals surface area (Å²) in [5.41, 5.74) is 5.42. The number of nitrogens with one attached hydrogen (secondary N) is 1. The Labute approximate surface area is 106 Å². The minimum absolute atomic E-state index is 0.292. The second-order valence-electron chi connectivity index (χ2n) is 3.35. The van der Waals surface area contributed by atoms with E-state index in [0.717, 1.165) is 4.88 Å². The van der Waals surface area contributed by atoms with Crippen molar-refractivity contribution in [1.29, 1.82) is 0 Å². The van der Waals surface area contributed by atoms with Crippen LogP contribution in [-0.2, 0) is 21.2 Å². The molecule has 1 rings (SSSR count). The predicted molar refractivity (Wildman–Crippen MR) is 68.8 cm³/mol. The molecule has 0 saturated heterocycles. The van der Waals surface area contributed by atoms with E-state index in [4.69, 9.17) is 10.5 Å². The van der Waals surface area contributed by atoms with Gasteiger partial charge in [-0.2, -0.15) is 0 Å². The van der Waals surface area contributed by atoms with Crippen LogP contribution in [0.2, 0.25) is 0 Å². The maximum absolute atomic E-state index is 11.8. The molecule has 0 fully saturated rings. The van der Waals surface area contributed by atoms with Crippen LogP contribution in [0.3, 0.4) is 0 Å². The molecule has 3 N–H and O–H groups in total. The topological polar surface area (TPSA) is 81.4 Å². The van der Waals surface area contributed by atoms with Crippen molar-refractivity contribution in [2.24, 2.45) is 5.73 Å². The van der Waals surface area contributed by atoms with E-state index in [1.54, 1.807) is 12.1 Å². The highest BCUT2D eigenvalue weighted by atomic mass is 32.2. The van der Waals surface area contributed by atoms with Crippen LogP contribution in [0.4, 0.5) is 0 Å². The van der Waals surface area contributed by atoms with Crippen molar-refractivity contribution in [3.05, 3.63) is 17.0 Å². The summed E-state index contributed by atoms with van der Waals surface area (Å²) < 4.78 is 31.5. The molecule has 0 spiro atoms. The fourth-order valence-electron chi connectivity index (χ4n) is 1.24. The molecule has 1 aromatic rings. The van der Waals surface area contributed by atoms with Crippen LogP contribution in [0.15, 0.2) is 16.3 Å². The van der Waals surface area contributed by atoms with Crippen molar-refractivity contribution >= 4 is 21.4 Å². The van der Waals surface area contributed by atoms with Crippen LogP contribution in [0.5, 0.6) is 0 Å². The van der Waals surface area contributed by atoms with Crippen LogP contribution in [-0.4, -0.2) is 34.7 Å². The molecule has 0 radical (unpaired) electrons. The minimum Gasteiger partial charge on any atom is -0.380 e. The van der Waals surface area contributed by atoms with E-state index in [-0.39, 0.29) is 0 Å². The second-order valence-corrected chi connectivity index (χ2v) is 6.52. The molecule has 0 atom stereocenters. The van der Waals surface area contributed by atoms with Gasteiger partial charge in [0.1, 0.15) is 4.21 Å². The fraction of sp³-hybridized carbons (Fsp3) is 0.600. The van der Waals surface area contributed by atoms with Crippen LogP contribution in [0, 0.1) is 0 Å². The predicted octanol–water partition coefficient (Wildman–Crippen LogP) is 0.564. The Bertz CT molecular complexity index is 429. The molecule has 0 aliphatic rings. The van der Waals surface area contributed by atoms with Crippen molar-refractivity contribution in [2.75, 3.05) is 26.3 Å². The van der Waals surface area contributed by atoms with Gasteiger partial charge in [0.15, 0.2) is 0 Å². The van der Waals surface area contributed by atoms with Gasteiger partial charge in [0.2, 0.25) is 10.0 Å². The fourth-order valence-corrected chi connectivity index (χ4v) is 3.67. The Morgan fingerprint density at radius 2 is 2.24 bits per heavy atom. The van der Waals surface area contributed by atoms with E-state index in [1.165, 1.54) is 11.3 Å². The maximum Gasteiger partial charge on any atom is 0.250 e. The average molecular weight is 278 g/mol. The lowest BCUT2D eigenvalue weighted by molar-refractivity contribution is 0.153. The first-order valence-corrected chi connectivity index (χ1v) is 7.76. The third-order valence-electron chi connectivity index (χ3n) is 2.04. The largest absolute Gasteiger partial charge is 0.380 e. The van der Waals surface area contributed by atoms with Crippen LogP contribution >= 0.6 is 11.3 Å².